The van der Waals surface area contributed by atoms with Crippen LogP contribution in [0.2, 0.25) is 0 Å². The molecule has 7 rings (SSSR count). The Morgan fingerprint density at radius 2 is 1.82 bits per heavy atom. The summed E-state index contributed by atoms with van der Waals surface area (Å²) >= 11 is 0. The SMILES string of the molecule is CN(C)CCNc1cc(F)cc(-c2nccc3[nH]c(-c4n[nH]c5ccc(-c6cncc(NC(=O)C7CCC7)c6)nc45)nc23)c1. The molecule has 12 heteroatoms. The molecule has 1 aromatic carbocycles. The molecule has 0 aliphatic heterocycles. The molecule has 4 N–H and O–H groups in total. The van der Waals surface area contributed by atoms with Crippen molar-refractivity contribution in [3.63, 3.8) is 0 Å². The Bertz CT molecular complexity index is 1990. The van der Waals surface area contributed by atoms with Crippen LogP contribution < -0.4 is 10.6 Å². The van der Waals surface area contributed by atoms with Gasteiger partial charge in [0.05, 0.1) is 34.3 Å². The van der Waals surface area contributed by atoms with Gasteiger partial charge in [0.15, 0.2) is 11.5 Å². The van der Waals surface area contributed by atoms with Crippen LogP contribution in [0.5, 0.6) is 0 Å². The molecular weight excluding hydrogens is 559 g/mol. The molecule has 0 bridgehead atoms. The van der Waals surface area contributed by atoms with E-state index in [1.54, 1.807) is 18.6 Å². The lowest BCUT2D eigenvalue weighted by molar-refractivity contribution is -0.122. The summed E-state index contributed by atoms with van der Waals surface area (Å²) in [7, 11) is 3.98. The quantitative estimate of drug-likeness (QED) is 0.174. The molecule has 0 saturated heterocycles. The first-order valence-corrected chi connectivity index (χ1v) is 14.6. The summed E-state index contributed by atoms with van der Waals surface area (Å²) in [6.07, 6.45) is 7.98. The highest BCUT2D eigenvalue weighted by Crippen LogP contribution is 2.33. The van der Waals surface area contributed by atoms with Gasteiger partial charge in [-0.15, -0.1) is 0 Å². The summed E-state index contributed by atoms with van der Waals surface area (Å²) in [4.78, 5) is 36.5. The van der Waals surface area contributed by atoms with E-state index in [9.17, 15) is 9.18 Å². The highest BCUT2D eigenvalue weighted by atomic mass is 19.1. The smallest absolute Gasteiger partial charge is 0.227 e. The first-order valence-electron chi connectivity index (χ1n) is 14.6. The van der Waals surface area contributed by atoms with Gasteiger partial charge < -0.3 is 20.5 Å². The molecule has 0 unspecified atom stereocenters. The predicted octanol–water partition coefficient (Wildman–Crippen LogP) is 5.48. The maximum atomic E-state index is 14.7. The maximum Gasteiger partial charge on any atom is 0.227 e. The van der Waals surface area contributed by atoms with Gasteiger partial charge in [-0.05, 0) is 69.4 Å². The molecule has 1 saturated carbocycles. The summed E-state index contributed by atoms with van der Waals surface area (Å²) < 4.78 is 14.7. The number of halogens is 1. The third kappa shape index (κ3) is 5.47. The molecule has 11 nitrogen and oxygen atoms in total. The van der Waals surface area contributed by atoms with E-state index >= 15 is 0 Å². The average Bonchev–Trinajstić information content (AvgIpc) is 3.59. The van der Waals surface area contributed by atoms with Crippen molar-refractivity contribution >= 4 is 39.3 Å². The normalized spacial score (nSPS) is 13.5. The Kier molecular flexibility index (Phi) is 7.18. The number of hydrogen-bond acceptors (Lipinski definition) is 8. The van der Waals surface area contributed by atoms with Crippen molar-refractivity contribution in [2.45, 2.75) is 19.3 Å². The van der Waals surface area contributed by atoms with Crippen LogP contribution in [-0.2, 0) is 4.79 Å². The molecular formula is C32H31FN10O. The molecule has 0 spiro atoms. The zero-order chi connectivity index (χ0) is 30.2. The van der Waals surface area contributed by atoms with Crippen molar-refractivity contribution in [2.75, 3.05) is 37.8 Å². The van der Waals surface area contributed by atoms with Gasteiger partial charge in [-0.1, -0.05) is 6.42 Å². The number of pyridine rings is 3. The number of rotatable bonds is 9. The van der Waals surface area contributed by atoms with Gasteiger partial charge >= 0.3 is 0 Å². The number of imidazole rings is 1. The Morgan fingerprint density at radius 1 is 0.977 bits per heavy atom. The number of benzene rings is 1. The summed E-state index contributed by atoms with van der Waals surface area (Å²) in [6, 6.07) is 12.3. The van der Waals surface area contributed by atoms with Crippen LogP contribution in [0.1, 0.15) is 19.3 Å². The van der Waals surface area contributed by atoms with Gasteiger partial charge in [-0.2, -0.15) is 5.10 Å². The van der Waals surface area contributed by atoms with Gasteiger partial charge in [0.2, 0.25) is 5.91 Å². The van der Waals surface area contributed by atoms with Crippen LogP contribution in [0.25, 0.3) is 56.1 Å². The van der Waals surface area contributed by atoms with Crippen molar-refractivity contribution in [2.24, 2.45) is 5.92 Å². The van der Waals surface area contributed by atoms with E-state index in [-0.39, 0.29) is 17.6 Å². The maximum absolute atomic E-state index is 14.7. The van der Waals surface area contributed by atoms with Crippen LogP contribution in [-0.4, -0.2) is 73.1 Å². The predicted molar refractivity (Wildman–Crippen MR) is 168 cm³/mol. The van der Waals surface area contributed by atoms with Crippen LogP contribution in [0.15, 0.2) is 61.1 Å². The van der Waals surface area contributed by atoms with Crippen molar-refractivity contribution in [3.05, 3.63) is 66.9 Å². The van der Waals surface area contributed by atoms with E-state index < -0.39 is 0 Å². The molecule has 44 heavy (non-hydrogen) atoms. The van der Waals surface area contributed by atoms with Crippen molar-refractivity contribution < 1.29 is 9.18 Å². The molecule has 6 aromatic rings. The van der Waals surface area contributed by atoms with Crippen LogP contribution in [0.3, 0.4) is 0 Å². The molecule has 222 valence electrons. The number of nitrogens with one attached hydrogen (secondary N) is 4. The minimum Gasteiger partial charge on any atom is -0.384 e. The second-order valence-corrected chi connectivity index (χ2v) is 11.3. The lowest BCUT2D eigenvalue weighted by Crippen LogP contribution is -2.28. The van der Waals surface area contributed by atoms with Gasteiger partial charge in [0.1, 0.15) is 16.9 Å². The van der Waals surface area contributed by atoms with Gasteiger partial charge in [0.25, 0.3) is 0 Å². The van der Waals surface area contributed by atoms with E-state index in [1.165, 1.54) is 12.1 Å². The Labute approximate surface area is 252 Å². The number of carbonyl (C=O) groups excluding carboxylic acids is 1. The number of carbonyl (C=O) groups is 1. The fraction of sp³-hybridized carbons (Fsp3) is 0.250. The summed E-state index contributed by atoms with van der Waals surface area (Å²) in [5.74, 6) is 0.254. The number of likely N-dealkylation sites (N-methyl/N-ethyl adjacent to an activating group) is 1. The number of aromatic nitrogens is 7. The number of amides is 1. The highest BCUT2D eigenvalue weighted by Gasteiger charge is 2.25. The van der Waals surface area contributed by atoms with Crippen LogP contribution >= 0.6 is 0 Å². The van der Waals surface area contributed by atoms with Crippen LogP contribution in [0.4, 0.5) is 15.8 Å². The monoisotopic (exact) mass is 590 g/mol. The number of H-pyrrole nitrogens is 2. The molecule has 1 aliphatic carbocycles. The van der Waals surface area contributed by atoms with Crippen molar-refractivity contribution in [3.8, 4) is 34.0 Å². The van der Waals surface area contributed by atoms with Crippen molar-refractivity contribution in [1.29, 1.82) is 0 Å². The molecule has 5 aromatic heterocycles. The third-order valence-corrected chi connectivity index (χ3v) is 7.87. The number of anilines is 2. The zero-order valence-electron chi connectivity index (χ0n) is 24.4. The van der Waals surface area contributed by atoms with E-state index in [4.69, 9.17) is 9.97 Å². The summed E-state index contributed by atoms with van der Waals surface area (Å²) in [5.41, 5.74) is 7.17. The largest absolute Gasteiger partial charge is 0.384 e. The third-order valence-electron chi connectivity index (χ3n) is 7.87. The van der Waals surface area contributed by atoms with Crippen LogP contribution in [0, 0.1) is 11.7 Å². The first-order chi connectivity index (χ1) is 21.4. The highest BCUT2D eigenvalue weighted by molar-refractivity contribution is 5.96. The Hall–Kier alpha value is -5.23. The number of nitrogens with zero attached hydrogens (tertiary/aromatic N) is 6. The number of fused-ring (bicyclic) bond motifs is 2. The Morgan fingerprint density at radius 3 is 2.64 bits per heavy atom. The lowest BCUT2D eigenvalue weighted by Gasteiger charge is -2.24. The standard InChI is InChI=1S/C32H31FN10O/c1-43(2)11-10-35-22-13-19(12-21(33)15-22)27-28-25(8-9-36-27)39-31(40-28)30-29-26(41-42-30)7-6-24(38-29)20-14-23(17-34-16-20)37-32(44)18-4-3-5-18/h6-9,12-18,35H,3-5,10-11H2,1-2H3,(H,37,44)(H,39,40)(H,41,42). The molecule has 1 fully saturated rings. The fourth-order valence-electron chi connectivity index (χ4n) is 5.30. The van der Waals surface area contributed by atoms with E-state index in [0.717, 1.165) is 42.4 Å². The summed E-state index contributed by atoms with van der Waals surface area (Å²) in [6.45, 7) is 1.49. The molecule has 1 aliphatic rings. The topological polar surface area (TPSA) is 140 Å². The van der Waals surface area contributed by atoms with E-state index in [1.807, 2.05) is 44.4 Å². The fourth-order valence-corrected chi connectivity index (χ4v) is 5.30. The van der Waals surface area contributed by atoms with E-state index in [2.05, 4.69) is 40.7 Å². The number of hydrogen-bond donors (Lipinski definition) is 4. The van der Waals surface area contributed by atoms with E-state index in [0.29, 0.717) is 57.4 Å². The average molecular weight is 591 g/mol. The molecule has 0 atom stereocenters. The van der Waals surface area contributed by atoms with Gasteiger partial charge in [-0.25, -0.2) is 14.4 Å². The molecule has 1 amide bonds. The van der Waals surface area contributed by atoms with Crippen molar-refractivity contribution in [1.82, 2.24) is 40.0 Å². The minimum atomic E-state index is -0.361. The lowest BCUT2D eigenvalue weighted by atomic mass is 9.85. The van der Waals surface area contributed by atoms with Gasteiger partial charge in [0, 0.05) is 48.2 Å². The first kappa shape index (κ1) is 27.6. The minimum absolute atomic E-state index is 0.0320. The second-order valence-electron chi connectivity index (χ2n) is 11.3. The second kappa shape index (κ2) is 11.5. The molecule has 5 heterocycles. The molecule has 0 radical (unpaired) electrons. The summed E-state index contributed by atoms with van der Waals surface area (Å²) in [5, 5.41) is 13.8. The zero-order valence-corrected chi connectivity index (χ0v) is 24.4. The number of aromatic amines is 2. The van der Waals surface area contributed by atoms with Gasteiger partial charge in [-0.3, -0.25) is 19.9 Å². The Balaban J connectivity index is 1.21.